The van der Waals surface area contributed by atoms with Crippen LogP contribution in [0.2, 0.25) is 0 Å². The molecule has 1 aromatic carbocycles. The summed E-state index contributed by atoms with van der Waals surface area (Å²) in [5.41, 5.74) is 4.07. The minimum Gasteiger partial charge on any atom is -0.464 e. The Morgan fingerprint density at radius 3 is 3.08 bits per heavy atom. The Hall–Kier alpha value is -1.24. The van der Waals surface area contributed by atoms with E-state index in [0.29, 0.717) is 0 Å². The molecule has 0 bridgehead atoms. The third-order valence-corrected chi connectivity index (χ3v) is 2.72. The van der Waals surface area contributed by atoms with Crippen LogP contribution in [0.3, 0.4) is 0 Å². The third kappa shape index (κ3) is 0.685. The van der Waals surface area contributed by atoms with Crippen LogP contribution in [0.5, 0.6) is 0 Å². The Morgan fingerprint density at radius 2 is 2.08 bits per heavy atom. The van der Waals surface area contributed by atoms with Gasteiger partial charge in [0, 0.05) is 5.39 Å². The van der Waals surface area contributed by atoms with Crippen LogP contribution in [0, 0.1) is 0 Å². The van der Waals surface area contributed by atoms with E-state index in [9.17, 15) is 0 Å². The van der Waals surface area contributed by atoms with Gasteiger partial charge in [-0.1, -0.05) is 6.07 Å². The minimum absolute atomic E-state index is 1.04. The van der Waals surface area contributed by atoms with Gasteiger partial charge in [0.1, 0.15) is 5.58 Å². The highest BCUT2D eigenvalue weighted by molar-refractivity contribution is 5.82. The number of hydrogen-bond donors (Lipinski definition) is 0. The van der Waals surface area contributed by atoms with E-state index < -0.39 is 0 Å². The van der Waals surface area contributed by atoms with E-state index in [1.807, 2.05) is 0 Å². The van der Waals surface area contributed by atoms with Gasteiger partial charge < -0.3 is 4.42 Å². The van der Waals surface area contributed by atoms with Crippen molar-refractivity contribution in [1.29, 1.82) is 0 Å². The highest BCUT2D eigenvalue weighted by Crippen LogP contribution is 2.30. The fourth-order valence-corrected chi connectivity index (χ4v) is 2.13. The summed E-state index contributed by atoms with van der Waals surface area (Å²) in [6.07, 6.45) is 5.56. The molecule has 0 saturated heterocycles. The lowest BCUT2D eigenvalue weighted by Crippen LogP contribution is -1.80. The van der Waals surface area contributed by atoms with E-state index in [-0.39, 0.29) is 0 Å². The van der Waals surface area contributed by atoms with Crippen LogP contribution in [-0.2, 0) is 12.8 Å². The molecule has 1 heterocycles. The van der Waals surface area contributed by atoms with Crippen LogP contribution in [-0.4, -0.2) is 0 Å². The van der Waals surface area contributed by atoms with Crippen molar-refractivity contribution >= 4 is 11.0 Å². The number of benzene rings is 1. The first-order valence-corrected chi connectivity index (χ1v) is 4.43. The number of rotatable bonds is 0. The van der Waals surface area contributed by atoms with Crippen LogP contribution in [0.25, 0.3) is 11.0 Å². The largest absolute Gasteiger partial charge is 0.464 e. The average molecular weight is 158 g/mol. The van der Waals surface area contributed by atoms with E-state index in [2.05, 4.69) is 18.2 Å². The maximum absolute atomic E-state index is 5.34. The predicted octanol–water partition coefficient (Wildman–Crippen LogP) is 2.92. The number of aryl methyl sites for hydroxylation is 2. The van der Waals surface area contributed by atoms with Gasteiger partial charge in [0.25, 0.3) is 0 Å². The maximum Gasteiger partial charge on any atom is 0.134 e. The molecule has 0 aliphatic heterocycles. The lowest BCUT2D eigenvalue weighted by atomic mass is 10.1. The highest BCUT2D eigenvalue weighted by atomic mass is 16.3. The van der Waals surface area contributed by atoms with Crippen molar-refractivity contribution in [3.8, 4) is 0 Å². The molecule has 12 heavy (non-hydrogen) atoms. The van der Waals surface area contributed by atoms with Gasteiger partial charge in [0.05, 0.1) is 6.26 Å². The lowest BCUT2D eigenvalue weighted by molar-refractivity contribution is 0.615. The Bertz CT molecular complexity index is 425. The molecule has 1 heteroatoms. The first kappa shape index (κ1) is 6.30. The van der Waals surface area contributed by atoms with Crippen LogP contribution in [0.15, 0.2) is 28.9 Å². The Balaban J connectivity index is 2.46. The first-order valence-electron chi connectivity index (χ1n) is 4.43. The van der Waals surface area contributed by atoms with Gasteiger partial charge in [0.15, 0.2) is 0 Å². The van der Waals surface area contributed by atoms with Gasteiger partial charge in [-0.25, -0.2) is 0 Å². The van der Waals surface area contributed by atoms with Crippen molar-refractivity contribution < 1.29 is 4.42 Å². The molecule has 0 saturated carbocycles. The topological polar surface area (TPSA) is 13.1 Å². The van der Waals surface area contributed by atoms with Gasteiger partial charge in [-0.05, 0) is 42.5 Å². The molecule has 0 unspecified atom stereocenters. The van der Waals surface area contributed by atoms with E-state index >= 15 is 0 Å². The number of fused-ring (bicyclic) bond motifs is 3. The first-order chi connectivity index (χ1) is 5.95. The predicted molar refractivity (Wildman–Crippen MR) is 48.2 cm³/mol. The summed E-state index contributed by atoms with van der Waals surface area (Å²) < 4.78 is 5.34. The zero-order valence-electron chi connectivity index (χ0n) is 6.84. The minimum atomic E-state index is 1.04. The van der Waals surface area contributed by atoms with Crippen LogP contribution in [0.1, 0.15) is 17.5 Å². The van der Waals surface area contributed by atoms with Crippen molar-refractivity contribution in [2.24, 2.45) is 0 Å². The standard InChI is InChI=1S/C11H10O/c1-2-8-4-5-11-10(6-7-12-11)9(8)3-1/h4-7H,1-3H2. The molecular weight excluding hydrogens is 148 g/mol. The van der Waals surface area contributed by atoms with Gasteiger partial charge >= 0.3 is 0 Å². The van der Waals surface area contributed by atoms with Crippen LogP contribution < -0.4 is 0 Å². The van der Waals surface area contributed by atoms with E-state index in [4.69, 9.17) is 4.42 Å². The summed E-state index contributed by atoms with van der Waals surface area (Å²) in [4.78, 5) is 0. The number of furan rings is 1. The van der Waals surface area contributed by atoms with Gasteiger partial charge in [0.2, 0.25) is 0 Å². The molecule has 1 aromatic heterocycles. The van der Waals surface area contributed by atoms with Crippen molar-refractivity contribution in [2.75, 3.05) is 0 Å². The summed E-state index contributed by atoms with van der Waals surface area (Å²) >= 11 is 0. The van der Waals surface area contributed by atoms with Gasteiger partial charge in [-0.2, -0.15) is 0 Å². The van der Waals surface area contributed by atoms with Gasteiger partial charge in [-0.3, -0.25) is 0 Å². The molecule has 0 radical (unpaired) electrons. The smallest absolute Gasteiger partial charge is 0.134 e. The fraction of sp³-hybridized carbons (Fsp3) is 0.273. The monoisotopic (exact) mass is 158 g/mol. The number of hydrogen-bond acceptors (Lipinski definition) is 1. The van der Waals surface area contributed by atoms with Gasteiger partial charge in [-0.15, -0.1) is 0 Å². The maximum atomic E-state index is 5.34. The summed E-state index contributed by atoms with van der Waals surface area (Å²) in [5, 5.41) is 1.32. The molecular formula is C11H10O. The molecule has 0 spiro atoms. The summed E-state index contributed by atoms with van der Waals surface area (Å²) in [7, 11) is 0. The molecule has 1 aliphatic rings. The van der Waals surface area contributed by atoms with Crippen molar-refractivity contribution in [3.05, 3.63) is 35.6 Å². The Morgan fingerprint density at radius 1 is 1.08 bits per heavy atom. The fourth-order valence-electron chi connectivity index (χ4n) is 2.13. The summed E-state index contributed by atoms with van der Waals surface area (Å²) in [5.74, 6) is 0. The molecule has 0 amide bonds. The van der Waals surface area contributed by atoms with Crippen molar-refractivity contribution in [3.63, 3.8) is 0 Å². The van der Waals surface area contributed by atoms with E-state index in [1.165, 1.54) is 35.8 Å². The van der Waals surface area contributed by atoms with Crippen LogP contribution in [0.4, 0.5) is 0 Å². The van der Waals surface area contributed by atoms with Crippen molar-refractivity contribution in [2.45, 2.75) is 19.3 Å². The molecule has 2 aromatic rings. The zero-order valence-corrected chi connectivity index (χ0v) is 6.84. The summed E-state index contributed by atoms with van der Waals surface area (Å²) in [6.45, 7) is 0. The third-order valence-electron chi connectivity index (χ3n) is 2.72. The molecule has 1 nitrogen and oxygen atoms in total. The molecule has 1 aliphatic carbocycles. The molecule has 0 fully saturated rings. The van der Waals surface area contributed by atoms with Crippen molar-refractivity contribution in [1.82, 2.24) is 0 Å². The molecule has 0 atom stereocenters. The quantitative estimate of drug-likeness (QED) is 0.574. The lowest BCUT2D eigenvalue weighted by Gasteiger charge is -1.98. The molecule has 3 rings (SSSR count). The second-order valence-corrected chi connectivity index (χ2v) is 3.39. The SMILES string of the molecule is c1cc2c3c(ccc2o1)CCC3. The molecule has 60 valence electrons. The van der Waals surface area contributed by atoms with Crippen LogP contribution >= 0.6 is 0 Å². The zero-order chi connectivity index (χ0) is 7.97. The Labute approximate surface area is 71.0 Å². The van der Waals surface area contributed by atoms with E-state index in [1.54, 1.807) is 6.26 Å². The average Bonchev–Trinajstić information content (AvgIpc) is 2.71. The second-order valence-electron chi connectivity index (χ2n) is 3.39. The Kier molecular flexibility index (Phi) is 1.12. The highest BCUT2D eigenvalue weighted by Gasteiger charge is 2.14. The second kappa shape index (κ2) is 2.13. The molecule has 0 N–H and O–H groups in total. The normalized spacial score (nSPS) is 15.3. The summed E-state index contributed by atoms with van der Waals surface area (Å²) in [6, 6.07) is 6.37. The van der Waals surface area contributed by atoms with E-state index in [0.717, 1.165) is 5.58 Å².